The molecular formula is C27H33N5O3. The van der Waals surface area contributed by atoms with Crippen LogP contribution in [-0.4, -0.2) is 60.2 Å². The van der Waals surface area contributed by atoms with Crippen LogP contribution < -0.4 is 15.1 Å². The van der Waals surface area contributed by atoms with Crippen LogP contribution in [0.5, 0.6) is 0 Å². The number of anilines is 3. The van der Waals surface area contributed by atoms with E-state index in [1.54, 1.807) is 11.1 Å². The number of ether oxygens (including phenoxy) is 1. The first-order valence-corrected chi connectivity index (χ1v) is 12.4. The van der Waals surface area contributed by atoms with Gasteiger partial charge in [-0.3, -0.25) is 4.79 Å². The SMILES string of the molecule is CN1CC(C)(C)c2ccc(N3C(=O)N(Cc4ccnc(NC5C6COCC65)c4)C(C)(C)C3=O)cc21. The Bertz CT molecular complexity index is 1220. The highest BCUT2D eigenvalue weighted by atomic mass is 16.5. The van der Waals surface area contributed by atoms with Crippen molar-refractivity contribution in [2.75, 3.05) is 41.9 Å². The van der Waals surface area contributed by atoms with E-state index in [1.165, 1.54) is 10.5 Å². The van der Waals surface area contributed by atoms with E-state index in [4.69, 9.17) is 4.74 Å². The molecule has 8 heteroatoms. The van der Waals surface area contributed by atoms with Gasteiger partial charge < -0.3 is 19.9 Å². The number of carbonyl (C=O) groups is 2. The molecule has 0 spiro atoms. The zero-order valence-corrected chi connectivity index (χ0v) is 21.0. The fraction of sp³-hybridized carbons (Fsp3) is 0.519. The smallest absolute Gasteiger partial charge is 0.332 e. The van der Waals surface area contributed by atoms with Crippen molar-refractivity contribution in [2.24, 2.45) is 11.8 Å². The lowest BCUT2D eigenvalue weighted by atomic mass is 9.87. The summed E-state index contributed by atoms with van der Waals surface area (Å²) in [5.41, 5.74) is 2.95. The van der Waals surface area contributed by atoms with Crippen molar-refractivity contribution < 1.29 is 14.3 Å². The van der Waals surface area contributed by atoms with Gasteiger partial charge in [-0.15, -0.1) is 0 Å². The third-order valence-corrected chi connectivity index (χ3v) is 8.27. The molecule has 4 heterocycles. The number of benzene rings is 1. The molecule has 2 unspecified atom stereocenters. The Morgan fingerprint density at radius 2 is 1.83 bits per heavy atom. The van der Waals surface area contributed by atoms with Gasteiger partial charge in [-0.05, 0) is 49.2 Å². The van der Waals surface area contributed by atoms with Gasteiger partial charge in [0.25, 0.3) is 5.91 Å². The third kappa shape index (κ3) is 3.41. The Hall–Kier alpha value is -3.13. The molecule has 3 amide bonds. The number of rotatable bonds is 5. The molecule has 3 aliphatic heterocycles. The van der Waals surface area contributed by atoms with Crippen LogP contribution in [0.25, 0.3) is 0 Å². The molecule has 4 aliphatic rings. The van der Waals surface area contributed by atoms with Gasteiger partial charge in [0.05, 0.1) is 18.9 Å². The van der Waals surface area contributed by atoms with Crippen LogP contribution in [0.2, 0.25) is 0 Å². The van der Waals surface area contributed by atoms with E-state index in [0.717, 1.165) is 36.8 Å². The van der Waals surface area contributed by atoms with Crippen LogP contribution >= 0.6 is 0 Å². The van der Waals surface area contributed by atoms with Gasteiger partial charge in [0.15, 0.2) is 0 Å². The second kappa shape index (κ2) is 7.43. The summed E-state index contributed by atoms with van der Waals surface area (Å²) >= 11 is 0. The highest BCUT2D eigenvalue weighted by Gasteiger charge is 2.54. The van der Waals surface area contributed by atoms with Crippen LogP contribution in [0.4, 0.5) is 22.0 Å². The van der Waals surface area contributed by atoms with Gasteiger partial charge in [0.2, 0.25) is 0 Å². The Kier molecular flexibility index (Phi) is 4.75. The summed E-state index contributed by atoms with van der Waals surface area (Å²) in [5, 5.41) is 3.52. The largest absolute Gasteiger partial charge is 0.381 e. The lowest BCUT2D eigenvalue weighted by molar-refractivity contribution is -0.123. The highest BCUT2D eigenvalue weighted by Crippen LogP contribution is 2.46. The maximum atomic E-state index is 13.6. The maximum absolute atomic E-state index is 13.6. The normalized spacial score (nSPS) is 27.9. The number of pyridine rings is 1. The summed E-state index contributed by atoms with van der Waals surface area (Å²) in [4.78, 5) is 36.8. The molecule has 1 aromatic heterocycles. The minimum atomic E-state index is -0.955. The first kappa shape index (κ1) is 22.3. The van der Waals surface area contributed by atoms with E-state index >= 15 is 0 Å². The molecule has 1 aliphatic carbocycles. The zero-order valence-electron chi connectivity index (χ0n) is 21.0. The van der Waals surface area contributed by atoms with Crippen molar-refractivity contribution in [3.63, 3.8) is 0 Å². The number of carbonyl (C=O) groups excluding carboxylic acids is 2. The Morgan fingerprint density at radius 3 is 2.57 bits per heavy atom. The van der Waals surface area contributed by atoms with Crippen molar-refractivity contribution in [2.45, 2.75) is 51.2 Å². The van der Waals surface area contributed by atoms with Gasteiger partial charge in [-0.2, -0.15) is 0 Å². The van der Waals surface area contributed by atoms with Gasteiger partial charge in [0.1, 0.15) is 11.4 Å². The predicted octanol–water partition coefficient (Wildman–Crippen LogP) is 3.61. The van der Waals surface area contributed by atoms with Gasteiger partial charge in [-0.25, -0.2) is 14.7 Å². The maximum Gasteiger partial charge on any atom is 0.332 e. The number of urea groups is 1. The van der Waals surface area contributed by atoms with Crippen molar-refractivity contribution in [1.82, 2.24) is 9.88 Å². The number of nitrogens with one attached hydrogen (secondary N) is 1. The second-order valence-electron chi connectivity index (χ2n) is 11.6. The summed E-state index contributed by atoms with van der Waals surface area (Å²) in [5.74, 6) is 1.74. The predicted molar refractivity (Wildman–Crippen MR) is 135 cm³/mol. The Morgan fingerprint density at radius 1 is 1.09 bits per heavy atom. The van der Waals surface area contributed by atoms with Crippen LogP contribution in [0, 0.1) is 11.8 Å². The first-order valence-electron chi connectivity index (χ1n) is 12.4. The molecule has 6 rings (SSSR count). The lowest BCUT2D eigenvalue weighted by Gasteiger charge is -2.27. The van der Waals surface area contributed by atoms with Crippen molar-refractivity contribution in [1.29, 1.82) is 0 Å². The Balaban J connectivity index is 1.24. The van der Waals surface area contributed by atoms with E-state index < -0.39 is 5.54 Å². The standard InChI is InChI=1S/C27H33N5O3/c1-26(2)15-30(5)21-11-17(6-7-20(21)26)32-24(33)27(3,4)31(25(32)34)12-16-8-9-28-22(10-16)29-23-18-13-35-14-19(18)23/h6-11,18-19,23H,12-15H2,1-5H3,(H,28,29). The number of amides is 3. The number of nitrogens with zero attached hydrogens (tertiary/aromatic N) is 4. The lowest BCUT2D eigenvalue weighted by Crippen LogP contribution is -2.43. The molecule has 2 saturated heterocycles. The summed E-state index contributed by atoms with van der Waals surface area (Å²) < 4.78 is 5.47. The molecule has 184 valence electrons. The molecule has 1 saturated carbocycles. The number of hydrogen-bond donors (Lipinski definition) is 1. The zero-order chi connectivity index (χ0) is 24.7. The van der Waals surface area contributed by atoms with Crippen molar-refractivity contribution in [3.8, 4) is 0 Å². The molecule has 2 atom stereocenters. The van der Waals surface area contributed by atoms with Crippen LogP contribution in [-0.2, 0) is 21.5 Å². The minimum absolute atomic E-state index is 0.0339. The van der Waals surface area contributed by atoms with E-state index in [0.29, 0.717) is 30.1 Å². The van der Waals surface area contributed by atoms with Crippen LogP contribution in [0.15, 0.2) is 36.5 Å². The van der Waals surface area contributed by atoms with Gasteiger partial charge in [0, 0.05) is 55.3 Å². The number of aromatic nitrogens is 1. The van der Waals surface area contributed by atoms with E-state index in [1.807, 2.05) is 38.1 Å². The summed E-state index contributed by atoms with van der Waals surface area (Å²) in [6.07, 6.45) is 1.76. The summed E-state index contributed by atoms with van der Waals surface area (Å²) in [6.45, 7) is 10.9. The number of likely N-dealkylation sites (N-methyl/N-ethyl adjacent to an activating group) is 1. The average molecular weight is 476 g/mol. The second-order valence-corrected chi connectivity index (χ2v) is 11.6. The molecule has 35 heavy (non-hydrogen) atoms. The van der Waals surface area contributed by atoms with Gasteiger partial charge in [-0.1, -0.05) is 19.9 Å². The topological polar surface area (TPSA) is 78.0 Å². The van der Waals surface area contributed by atoms with Gasteiger partial charge >= 0.3 is 6.03 Å². The fourth-order valence-electron chi connectivity index (χ4n) is 6.10. The number of hydrogen-bond acceptors (Lipinski definition) is 6. The molecule has 1 N–H and O–H groups in total. The monoisotopic (exact) mass is 475 g/mol. The first-order chi connectivity index (χ1) is 16.6. The molecule has 1 aromatic carbocycles. The van der Waals surface area contributed by atoms with Crippen molar-refractivity contribution in [3.05, 3.63) is 47.7 Å². The molecule has 0 radical (unpaired) electrons. The van der Waals surface area contributed by atoms with E-state index in [9.17, 15) is 9.59 Å². The molecular weight excluding hydrogens is 442 g/mol. The number of imide groups is 1. The van der Waals surface area contributed by atoms with Crippen LogP contribution in [0.3, 0.4) is 0 Å². The molecule has 3 fully saturated rings. The molecule has 0 bridgehead atoms. The molecule has 2 aromatic rings. The van der Waals surface area contributed by atoms with E-state index in [-0.39, 0.29) is 17.4 Å². The summed E-state index contributed by atoms with van der Waals surface area (Å²) in [7, 11) is 2.05. The minimum Gasteiger partial charge on any atom is -0.381 e. The average Bonchev–Trinajstić information content (AvgIpc) is 3.07. The number of fused-ring (bicyclic) bond motifs is 2. The van der Waals surface area contributed by atoms with E-state index in [2.05, 4.69) is 42.2 Å². The fourth-order valence-corrected chi connectivity index (χ4v) is 6.10. The van der Waals surface area contributed by atoms with Crippen molar-refractivity contribution >= 4 is 29.1 Å². The summed E-state index contributed by atoms with van der Waals surface area (Å²) in [6, 6.07) is 9.95. The Labute approximate surface area is 206 Å². The highest BCUT2D eigenvalue weighted by molar-refractivity contribution is 6.23. The van der Waals surface area contributed by atoms with Crippen LogP contribution in [0.1, 0.15) is 38.8 Å². The molecule has 8 nitrogen and oxygen atoms in total. The quantitative estimate of drug-likeness (QED) is 0.666. The third-order valence-electron chi connectivity index (χ3n) is 8.27.